The van der Waals surface area contributed by atoms with Crippen LogP contribution >= 0.6 is 0 Å². The lowest BCUT2D eigenvalue weighted by Crippen LogP contribution is -2.50. The third-order valence-corrected chi connectivity index (χ3v) is 4.66. The Hall–Kier alpha value is -0.120. The smallest absolute Gasteiger partial charge is 0.0757 e. The molecule has 1 N–H and O–H groups in total. The van der Waals surface area contributed by atoms with Gasteiger partial charge in [0.05, 0.1) is 12.2 Å². The Kier molecular flexibility index (Phi) is 3.69. The lowest BCUT2D eigenvalue weighted by atomic mass is 9.91. The molecule has 0 amide bonds. The zero-order chi connectivity index (χ0) is 11.7. The van der Waals surface area contributed by atoms with Gasteiger partial charge in [0.1, 0.15) is 0 Å². The van der Waals surface area contributed by atoms with E-state index in [1.54, 1.807) is 0 Å². The minimum atomic E-state index is 0.421. The van der Waals surface area contributed by atoms with Crippen LogP contribution in [0.5, 0.6) is 0 Å². The highest BCUT2D eigenvalue weighted by atomic mass is 16.5. The van der Waals surface area contributed by atoms with Crippen LogP contribution in [0.1, 0.15) is 44.9 Å². The van der Waals surface area contributed by atoms with Crippen molar-refractivity contribution in [3.63, 3.8) is 0 Å². The van der Waals surface area contributed by atoms with Crippen molar-refractivity contribution in [2.75, 3.05) is 13.7 Å². The minimum absolute atomic E-state index is 0.421. The van der Waals surface area contributed by atoms with Gasteiger partial charge in [-0.3, -0.25) is 0 Å². The highest BCUT2D eigenvalue weighted by Gasteiger charge is 2.42. The van der Waals surface area contributed by atoms with E-state index in [0.717, 1.165) is 12.5 Å². The fourth-order valence-corrected chi connectivity index (χ4v) is 3.52. The van der Waals surface area contributed by atoms with Crippen LogP contribution in [0.2, 0.25) is 0 Å². The first-order valence-corrected chi connectivity index (χ1v) is 7.29. The molecule has 2 saturated carbocycles. The first kappa shape index (κ1) is 11.9. The minimum Gasteiger partial charge on any atom is -0.380 e. The molecule has 1 heterocycles. The Morgan fingerprint density at radius 3 is 2.59 bits per heavy atom. The average Bonchev–Trinajstić information content (AvgIpc) is 3.11. The summed E-state index contributed by atoms with van der Waals surface area (Å²) in [4.78, 5) is 0. The van der Waals surface area contributed by atoms with Gasteiger partial charge in [0, 0.05) is 25.8 Å². The molecule has 17 heavy (non-hydrogen) atoms. The Labute approximate surface area is 104 Å². The Morgan fingerprint density at radius 2 is 1.82 bits per heavy atom. The van der Waals surface area contributed by atoms with Crippen LogP contribution in [-0.2, 0) is 9.47 Å². The van der Waals surface area contributed by atoms with E-state index in [1.807, 2.05) is 7.11 Å². The van der Waals surface area contributed by atoms with E-state index in [0.29, 0.717) is 24.3 Å². The van der Waals surface area contributed by atoms with Crippen molar-refractivity contribution in [1.29, 1.82) is 0 Å². The summed E-state index contributed by atoms with van der Waals surface area (Å²) in [7, 11) is 1.86. The summed E-state index contributed by atoms with van der Waals surface area (Å²) in [6.07, 6.45) is 10.0. The van der Waals surface area contributed by atoms with Crippen molar-refractivity contribution in [3.05, 3.63) is 0 Å². The van der Waals surface area contributed by atoms with Crippen LogP contribution in [0.3, 0.4) is 0 Å². The monoisotopic (exact) mass is 239 g/mol. The number of nitrogens with one attached hydrogen (secondary N) is 1. The molecule has 0 aromatic heterocycles. The van der Waals surface area contributed by atoms with E-state index < -0.39 is 0 Å². The molecule has 0 bridgehead atoms. The SMILES string of the molecule is COC1CCCCC1NC1CCOC1C1CC1. The van der Waals surface area contributed by atoms with Crippen molar-refractivity contribution in [3.8, 4) is 0 Å². The largest absolute Gasteiger partial charge is 0.380 e. The Morgan fingerprint density at radius 1 is 1.00 bits per heavy atom. The summed E-state index contributed by atoms with van der Waals surface area (Å²) in [5, 5.41) is 3.84. The Bertz CT molecular complexity index is 255. The molecule has 3 nitrogen and oxygen atoms in total. The van der Waals surface area contributed by atoms with Gasteiger partial charge in [0.2, 0.25) is 0 Å². The first-order chi connectivity index (χ1) is 8.38. The van der Waals surface area contributed by atoms with E-state index in [2.05, 4.69) is 5.32 Å². The standard InChI is InChI=1S/C14H25NO2/c1-16-13-5-3-2-4-11(13)15-12-8-9-17-14(12)10-6-7-10/h10-15H,2-9H2,1H3. The van der Waals surface area contributed by atoms with Gasteiger partial charge in [-0.05, 0) is 38.0 Å². The molecule has 3 fully saturated rings. The van der Waals surface area contributed by atoms with Crippen LogP contribution in [0.4, 0.5) is 0 Å². The molecule has 1 aliphatic heterocycles. The first-order valence-electron chi connectivity index (χ1n) is 7.29. The summed E-state index contributed by atoms with van der Waals surface area (Å²) in [5.41, 5.74) is 0. The predicted octanol–water partition coefficient (Wildman–Crippen LogP) is 2.10. The number of hydrogen-bond donors (Lipinski definition) is 1. The molecule has 4 unspecified atom stereocenters. The second-order valence-electron chi connectivity index (χ2n) is 5.90. The van der Waals surface area contributed by atoms with Gasteiger partial charge < -0.3 is 14.8 Å². The maximum Gasteiger partial charge on any atom is 0.0757 e. The second kappa shape index (κ2) is 5.25. The summed E-state index contributed by atoms with van der Waals surface area (Å²) < 4.78 is 11.5. The maximum atomic E-state index is 5.90. The van der Waals surface area contributed by atoms with Crippen LogP contribution in [-0.4, -0.2) is 38.0 Å². The van der Waals surface area contributed by atoms with Gasteiger partial charge in [0.25, 0.3) is 0 Å². The zero-order valence-corrected chi connectivity index (χ0v) is 10.9. The van der Waals surface area contributed by atoms with E-state index in [-0.39, 0.29) is 0 Å². The van der Waals surface area contributed by atoms with Gasteiger partial charge in [-0.1, -0.05) is 12.8 Å². The molecule has 98 valence electrons. The molecule has 3 rings (SSSR count). The fraction of sp³-hybridized carbons (Fsp3) is 1.00. The van der Waals surface area contributed by atoms with E-state index >= 15 is 0 Å². The molecule has 0 radical (unpaired) electrons. The molecule has 3 aliphatic rings. The van der Waals surface area contributed by atoms with Crippen molar-refractivity contribution in [1.82, 2.24) is 5.32 Å². The van der Waals surface area contributed by atoms with Crippen molar-refractivity contribution in [2.24, 2.45) is 5.92 Å². The topological polar surface area (TPSA) is 30.5 Å². The predicted molar refractivity (Wildman–Crippen MR) is 67.1 cm³/mol. The summed E-state index contributed by atoms with van der Waals surface area (Å²) in [6.45, 7) is 0.948. The van der Waals surface area contributed by atoms with E-state index in [9.17, 15) is 0 Å². The third kappa shape index (κ3) is 2.67. The van der Waals surface area contributed by atoms with Crippen molar-refractivity contribution in [2.45, 2.75) is 69.2 Å². The normalized spacial score (nSPS) is 42.9. The van der Waals surface area contributed by atoms with Gasteiger partial charge in [-0.25, -0.2) is 0 Å². The summed E-state index contributed by atoms with van der Waals surface area (Å²) in [5.74, 6) is 0.847. The number of methoxy groups -OCH3 is 1. The molecule has 0 aromatic rings. The molecule has 1 saturated heterocycles. The second-order valence-corrected chi connectivity index (χ2v) is 5.90. The van der Waals surface area contributed by atoms with Crippen molar-refractivity contribution >= 4 is 0 Å². The van der Waals surface area contributed by atoms with Gasteiger partial charge >= 0.3 is 0 Å². The molecule has 0 spiro atoms. The fourth-order valence-electron chi connectivity index (χ4n) is 3.52. The average molecular weight is 239 g/mol. The van der Waals surface area contributed by atoms with Gasteiger partial charge in [-0.2, -0.15) is 0 Å². The molecular formula is C14H25NO2. The lowest BCUT2D eigenvalue weighted by molar-refractivity contribution is 0.0271. The van der Waals surface area contributed by atoms with Crippen LogP contribution in [0, 0.1) is 5.92 Å². The van der Waals surface area contributed by atoms with Crippen LogP contribution < -0.4 is 5.32 Å². The van der Waals surface area contributed by atoms with E-state index in [4.69, 9.17) is 9.47 Å². The van der Waals surface area contributed by atoms with E-state index in [1.165, 1.54) is 44.9 Å². The zero-order valence-electron chi connectivity index (χ0n) is 10.9. The molecule has 4 atom stereocenters. The quantitative estimate of drug-likeness (QED) is 0.815. The summed E-state index contributed by atoms with van der Waals surface area (Å²) in [6, 6.07) is 1.14. The maximum absolute atomic E-state index is 5.90. The van der Waals surface area contributed by atoms with Gasteiger partial charge in [-0.15, -0.1) is 0 Å². The highest BCUT2D eigenvalue weighted by Crippen LogP contribution is 2.39. The molecular weight excluding hydrogens is 214 g/mol. The summed E-state index contributed by atoms with van der Waals surface area (Å²) >= 11 is 0. The molecule has 3 heteroatoms. The lowest BCUT2D eigenvalue weighted by Gasteiger charge is -2.34. The third-order valence-electron chi connectivity index (χ3n) is 4.66. The van der Waals surface area contributed by atoms with Gasteiger partial charge in [0.15, 0.2) is 0 Å². The van der Waals surface area contributed by atoms with Crippen LogP contribution in [0.15, 0.2) is 0 Å². The number of ether oxygens (including phenoxy) is 2. The number of rotatable bonds is 4. The Balaban J connectivity index is 1.56. The van der Waals surface area contributed by atoms with Crippen LogP contribution in [0.25, 0.3) is 0 Å². The molecule has 0 aromatic carbocycles. The highest BCUT2D eigenvalue weighted by molar-refractivity contribution is 4.96. The number of hydrogen-bond acceptors (Lipinski definition) is 3. The molecule has 2 aliphatic carbocycles. The van der Waals surface area contributed by atoms with Crippen molar-refractivity contribution < 1.29 is 9.47 Å².